The molecule has 1 aromatic rings. The molecule has 172 valence electrons. The zero-order valence-corrected chi connectivity index (χ0v) is 19.7. The van der Waals surface area contributed by atoms with Crippen molar-refractivity contribution < 1.29 is 33.8 Å². The van der Waals surface area contributed by atoms with E-state index < -0.39 is 41.1 Å². The number of nitrogens with zero attached hydrogens (tertiary/aromatic N) is 1. The van der Waals surface area contributed by atoms with Gasteiger partial charge in [0.25, 0.3) is 11.6 Å². The van der Waals surface area contributed by atoms with Crippen molar-refractivity contribution in [1.29, 1.82) is 0 Å². The Balaban J connectivity index is 1.86. The van der Waals surface area contributed by atoms with Gasteiger partial charge in [-0.25, -0.2) is 9.59 Å². The SMILES string of the molecule is CC(C)OC1(NC(=O)Cc2ccc(Br)cc2)C(=O)N2C(C(=O)O)=C(COC(N)=O)CS[C@@H]21. The maximum atomic E-state index is 13.2. The summed E-state index contributed by atoms with van der Waals surface area (Å²) < 4.78 is 11.5. The van der Waals surface area contributed by atoms with Crippen molar-refractivity contribution in [3.63, 3.8) is 0 Å². The molecule has 2 atom stereocenters. The van der Waals surface area contributed by atoms with E-state index in [-0.39, 0.29) is 30.1 Å². The molecule has 0 spiro atoms. The molecule has 3 amide bonds. The Hall–Kier alpha value is -2.57. The van der Waals surface area contributed by atoms with Gasteiger partial charge in [-0.3, -0.25) is 14.5 Å². The summed E-state index contributed by atoms with van der Waals surface area (Å²) >= 11 is 4.54. The van der Waals surface area contributed by atoms with Gasteiger partial charge in [0.1, 0.15) is 17.7 Å². The number of fused-ring (bicyclic) bond motifs is 1. The van der Waals surface area contributed by atoms with Gasteiger partial charge >= 0.3 is 12.1 Å². The van der Waals surface area contributed by atoms with Crippen LogP contribution in [-0.2, 0) is 30.3 Å². The summed E-state index contributed by atoms with van der Waals surface area (Å²) in [5, 5.41) is 11.6. The van der Waals surface area contributed by atoms with Crippen molar-refractivity contribution in [1.82, 2.24) is 10.2 Å². The zero-order valence-electron chi connectivity index (χ0n) is 17.3. The minimum atomic E-state index is -1.71. The van der Waals surface area contributed by atoms with Gasteiger partial charge in [0.15, 0.2) is 0 Å². The molecule has 0 radical (unpaired) electrons. The number of nitrogens with two attached hydrogens (primary N) is 1. The summed E-state index contributed by atoms with van der Waals surface area (Å²) in [5.74, 6) is -2.35. The minimum absolute atomic E-state index is 0.0144. The molecule has 2 heterocycles. The fourth-order valence-electron chi connectivity index (χ4n) is 3.52. The molecule has 1 fully saturated rings. The molecule has 2 aliphatic rings. The molecule has 1 unspecified atom stereocenters. The largest absolute Gasteiger partial charge is 0.477 e. The third-order valence-electron chi connectivity index (χ3n) is 4.73. The van der Waals surface area contributed by atoms with E-state index in [4.69, 9.17) is 15.2 Å². The molecule has 0 saturated carbocycles. The average molecular weight is 528 g/mol. The highest BCUT2D eigenvalue weighted by molar-refractivity contribution is 9.10. The molecular formula is C20H22BrN3O7S. The summed E-state index contributed by atoms with van der Waals surface area (Å²) in [7, 11) is 0. The number of nitrogens with one attached hydrogen (secondary N) is 1. The third-order valence-corrected chi connectivity index (χ3v) is 6.63. The average Bonchev–Trinajstić information content (AvgIpc) is 2.71. The number of carboxylic acid groups (broad SMARTS) is 1. The first-order chi connectivity index (χ1) is 15.0. The van der Waals surface area contributed by atoms with Gasteiger partial charge in [-0.05, 0) is 31.5 Å². The Kier molecular flexibility index (Phi) is 7.16. The standard InChI is InChI=1S/C20H22BrN3O7S/c1-10(2)31-20(23-14(25)7-11-3-5-13(21)6-4-11)17(28)24-15(16(26)27)12(8-30-19(22)29)9-32-18(20)24/h3-6,10,18H,7-9H2,1-2H3,(H2,22,29)(H,23,25)(H,26,27)/t18-,20?/m1/s1. The van der Waals surface area contributed by atoms with Crippen LogP contribution in [0.4, 0.5) is 4.79 Å². The highest BCUT2D eigenvalue weighted by Crippen LogP contribution is 2.47. The lowest BCUT2D eigenvalue weighted by atomic mass is 9.97. The number of hydrogen-bond donors (Lipinski definition) is 3. The second kappa shape index (κ2) is 9.51. The van der Waals surface area contributed by atoms with Crippen molar-refractivity contribution in [3.05, 3.63) is 45.6 Å². The van der Waals surface area contributed by atoms with Gasteiger partial charge in [0.2, 0.25) is 5.91 Å². The number of halogens is 1. The van der Waals surface area contributed by atoms with Gasteiger partial charge in [0, 0.05) is 15.8 Å². The van der Waals surface area contributed by atoms with Crippen molar-refractivity contribution in [2.24, 2.45) is 5.73 Å². The summed E-state index contributed by atoms with van der Waals surface area (Å²) in [5.41, 5.74) is 3.93. The number of β-lactam (4-membered cyclic amide) rings is 1. The van der Waals surface area contributed by atoms with E-state index in [0.717, 1.165) is 14.9 Å². The van der Waals surface area contributed by atoms with Crippen LogP contribution in [0, 0.1) is 0 Å². The van der Waals surface area contributed by atoms with E-state index >= 15 is 0 Å². The number of thioether (sulfide) groups is 1. The predicted molar refractivity (Wildman–Crippen MR) is 118 cm³/mol. The second-order valence-corrected chi connectivity index (χ2v) is 9.44. The van der Waals surface area contributed by atoms with Crippen LogP contribution < -0.4 is 11.1 Å². The molecule has 2 aliphatic heterocycles. The van der Waals surface area contributed by atoms with Gasteiger partial charge in [-0.2, -0.15) is 0 Å². The molecule has 3 rings (SSSR count). The highest BCUT2D eigenvalue weighted by Gasteiger charge is 2.67. The number of amides is 3. The van der Waals surface area contributed by atoms with Crippen LogP contribution in [0.15, 0.2) is 40.0 Å². The zero-order chi connectivity index (χ0) is 23.6. The molecule has 0 aromatic heterocycles. The van der Waals surface area contributed by atoms with E-state index in [1.54, 1.807) is 38.1 Å². The molecule has 10 nitrogen and oxygen atoms in total. The Bertz CT molecular complexity index is 982. The molecule has 1 aromatic carbocycles. The smallest absolute Gasteiger partial charge is 0.404 e. The first kappa shape index (κ1) is 24.1. The number of carboxylic acids is 1. The van der Waals surface area contributed by atoms with E-state index in [0.29, 0.717) is 0 Å². The number of carbonyl (C=O) groups excluding carboxylic acids is 3. The Morgan fingerprint density at radius 1 is 1.34 bits per heavy atom. The fraction of sp³-hybridized carbons (Fsp3) is 0.400. The van der Waals surface area contributed by atoms with Crippen LogP contribution in [0.25, 0.3) is 0 Å². The summed E-state index contributed by atoms with van der Waals surface area (Å²) in [6.45, 7) is 3.08. The van der Waals surface area contributed by atoms with E-state index in [2.05, 4.69) is 21.2 Å². The Labute approximate surface area is 196 Å². The first-order valence-electron chi connectivity index (χ1n) is 9.61. The number of benzene rings is 1. The molecule has 0 aliphatic carbocycles. The quantitative estimate of drug-likeness (QED) is 0.340. The minimum Gasteiger partial charge on any atom is -0.477 e. The Morgan fingerprint density at radius 3 is 2.56 bits per heavy atom. The van der Waals surface area contributed by atoms with Crippen LogP contribution >= 0.6 is 27.7 Å². The number of carbonyl (C=O) groups is 4. The third kappa shape index (κ3) is 4.76. The second-order valence-electron chi connectivity index (χ2n) is 7.46. The van der Waals surface area contributed by atoms with Crippen LogP contribution in [-0.4, -0.2) is 63.4 Å². The van der Waals surface area contributed by atoms with Gasteiger partial charge in [-0.1, -0.05) is 28.1 Å². The van der Waals surface area contributed by atoms with Crippen LogP contribution in [0.1, 0.15) is 19.4 Å². The van der Waals surface area contributed by atoms with Gasteiger partial charge < -0.3 is 25.6 Å². The van der Waals surface area contributed by atoms with Crippen LogP contribution in [0.2, 0.25) is 0 Å². The lowest BCUT2D eigenvalue weighted by Crippen LogP contribution is -2.81. The van der Waals surface area contributed by atoms with Crippen molar-refractivity contribution in [3.8, 4) is 0 Å². The topological polar surface area (TPSA) is 148 Å². The van der Waals surface area contributed by atoms with E-state index in [9.17, 15) is 24.3 Å². The summed E-state index contributed by atoms with van der Waals surface area (Å²) in [4.78, 5) is 49.9. The number of rotatable bonds is 8. The Morgan fingerprint density at radius 2 is 2.00 bits per heavy atom. The van der Waals surface area contributed by atoms with Crippen molar-refractivity contribution >= 4 is 51.6 Å². The van der Waals surface area contributed by atoms with E-state index in [1.807, 2.05) is 0 Å². The van der Waals surface area contributed by atoms with Crippen molar-refractivity contribution in [2.75, 3.05) is 12.4 Å². The lowest BCUT2D eigenvalue weighted by Gasteiger charge is -2.56. The highest BCUT2D eigenvalue weighted by atomic mass is 79.9. The predicted octanol–water partition coefficient (Wildman–Crippen LogP) is 1.58. The van der Waals surface area contributed by atoms with E-state index in [1.165, 1.54) is 11.8 Å². The molecule has 12 heteroatoms. The van der Waals surface area contributed by atoms with Crippen LogP contribution in [0.5, 0.6) is 0 Å². The molecule has 0 bridgehead atoms. The van der Waals surface area contributed by atoms with Gasteiger partial charge in [-0.15, -0.1) is 11.8 Å². The molecule has 32 heavy (non-hydrogen) atoms. The lowest BCUT2D eigenvalue weighted by molar-refractivity contribution is -0.206. The van der Waals surface area contributed by atoms with Gasteiger partial charge in [0.05, 0.1) is 12.5 Å². The summed E-state index contributed by atoms with van der Waals surface area (Å²) in [6, 6.07) is 7.16. The maximum absolute atomic E-state index is 13.2. The monoisotopic (exact) mass is 527 g/mol. The van der Waals surface area contributed by atoms with Crippen molar-refractivity contribution in [2.45, 2.75) is 37.5 Å². The normalized spacial score (nSPS) is 22.3. The molecular weight excluding hydrogens is 506 g/mol. The number of hydrogen-bond acceptors (Lipinski definition) is 7. The van der Waals surface area contributed by atoms with Crippen LogP contribution in [0.3, 0.4) is 0 Å². The summed E-state index contributed by atoms with van der Waals surface area (Å²) in [6.07, 6.45) is -1.46. The first-order valence-corrected chi connectivity index (χ1v) is 11.5. The molecule has 1 saturated heterocycles. The number of primary amides is 1. The number of ether oxygens (including phenoxy) is 2. The maximum Gasteiger partial charge on any atom is 0.404 e. The fourth-order valence-corrected chi connectivity index (χ4v) is 5.17. The molecule has 4 N–H and O–H groups in total. The number of aliphatic carboxylic acids is 1.